The largest absolute Gasteiger partial charge is 0.495 e. The standard InChI is InChI=1S/C26H24ClN3O5/c1-4-21(25(31)30-20-13-17(27)22(33-2)14-23(20)34-3)35-26(32)16-10-11-18-19(12-16)29-24(28-18)15-8-6-5-7-9-15/h5-14,21H,4H2,1-3H3,(H,28,29)(H,30,31). The number of H-pyrrole nitrogens is 1. The van der Waals surface area contributed by atoms with Gasteiger partial charge in [-0.15, -0.1) is 0 Å². The number of aromatic amines is 1. The molecule has 1 unspecified atom stereocenters. The number of fused-ring (bicyclic) bond motifs is 1. The fourth-order valence-electron chi connectivity index (χ4n) is 3.56. The highest BCUT2D eigenvalue weighted by molar-refractivity contribution is 6.32. The number of carbonyl (C=O) groups excluding carboxylic acids is 2. The molecule has 4 rings (SSSR count). The van der Waals surface area contributed by atoms with E-state index in [1.807, 2.05) is 30.3 Å². The first-order chi connectivity index (χ1) is 16.9. The predicted octanol–water partition coefficient (Wildman–Crippen LogP) is 5.47. The molecule has 2 N–H and O–H groups in total. The van der Waals surface area contributed by atoms with Crippen LogP contribution in [0, 0.1) is 0 Å². The van der Waals surface area contributed by atoms with Crippen LogP contribution in [0.2, 0.25) is 5.02 Å². The van der Waals surface area contributed by atoms with E-state index in [9.17, 15) is 9.59 Å². The first kappa shape index (κ1) is 24.1. The van der Waals surface area contributed by atoms with E-state index in [4.69, 9.17) is 25.8 Å². The highest BCUT2D eigenvalue weighted by atomic mass is 35.5. The smallest absolute Gasteiger partial charge is 0.338 e. The number of benzene rings is 3. The molecule has 1 amide bonds. The number of carbonyl (C=O) groups is 2. The Labute approximate surface area is 207 Å². The summed E-state index contributed by atoms with van der Waals surface area (Å²) in [4.78, 5) is 33.5. The van der Waals surface area contributed by atoms with Crippen molar-refractivity contribution in [2.75, 3.05) is 19.5 Å². The molecule has 1 aromatic heterocycles. The van der Waals surface area contributed by atoms with Gasteiger partial charge in [0.05, 0.1) is 41.5 Å². The third-order valence-electron chi connectivity index (χ3n) is 5.41. The van der Waals surface area contributed by atoms with Gasteiger partial charge >= 0.3 is 5.97 Å². The van der Waals surface area contributed by atoms with Crippen LogP contribution in [0.4, 0.5) is 5.69 Å². The summed E-state index contributed by atoms with van der Waals surface area (Å²) in [6.07, 6.45) is -0.751. The molecule has 8 nitrogen and oxygen atoms in total. The summed E-state index contributed by atoms with van der Waals surface area (Å²) in [6, 6.07) is 17.8. The van der Waals surface area contributed by atoms with Crippen molar-refractivity contribution in [2.45, 2.75) is 19.4 Å². The molecule has 0 radical (unpaired) electrons. The van der Waals surface area contributed by atoms with Crippen molar-refractivity contribution in [1.29, 1.82) is 0 Å². The van der Waals surface area contributed by atoms with Crippen molar-refractivity contribution in [2.24, 2.45) is 0 Å². The van der Waals surface area contributed by atoms with E-state index in [-0.39, 0.29) is 6.42 Å². The van der Waals surface area contributed by atoms with Crippen LogP contribution in [-0.4, -0.2) is 42.2 Å². The lowest BCUT2D eigenvalue weighted by Crippen LogP contribution is -2.32. The number of nitrogens with one attached hydrogen (secondary N) is 2. The number of anilines is 1. The molecule has 0 saturated heterocycles. The summed E-state index contributed by atoms with van der Waals surface area (Å²) >= 11 is 6.18. The second kappa shape index (κ2) is 10.5. The first-order valence-electron chi connectivity index (χ1n) is 10.9. The van der Waals surface area contributed by atoms with Crippen molar-refractivity contribution < 1.29 is 23.8 Å². The van der Waals surface area contributed by atoms with Gasteiger partial charge < -0.3 is 24.5 Å². The topological polar surface area (TPSA) is 103 Å². The second-order valence-corrected chi connectivity index (χ2v) is 8.07. The van der Waals surface area contributed by atoms with Gasteiger partial charge in [-0.2, -0.15) is 0 Å². The van der Waals surface area contributed by atoms with E-state index < -0.39 is 18.0 Å². The summed E-state index contributed by atoms with van der Waals surface area (Å²) in [5.41, 5.74) is 2.98. The molecule has 4 aromatic rings. The number of halogens is 1. The molecule has 3 aromatic carbocycles. The van der Waals surface area contributed by atoms with E-state index in [1.54, 1.807) is 31.2 Å². The lowest BCUT2D eigenvalue weighted by Gasteiger charge is -2.18. The number of ether oxygens (including phenoxy) is 3. The highest BCUT2D eigenvalue weighted by Crippen LogP contribution is 2.36. The molecule has 9 heteroatoms. The minimum absolute atomic E-state index is 0.272. The Kier molecular flexibility index (Phi) is 7.22. The summed E-state index contributed by atoms with van der Waals surface area (Å²) in [6.45, 7) is 1.75. The summed E-state index contributed by atoms with van der Waals surface area (Å²) < 4.78 is 16.0. The van der Waals surface area contributed by atoms with E-state index in [0.717, 1.165) is 5.56 Å². The molecule has 0 aliphatic rings. The Balaban J connectivity index is 1.50. The number of amides is 1. The monoisotopic (exact) mass is 493 g/mol. The molecule has 0 aliphatic carbocycles. The third kappa shape index (κ3) is 5.22. The molecule has 0 spiro atoms. The number of hydrogen-bond acceptors (Lipinski definition) is 6. The van der Waals surface area contributed by atoms with Crippen LogP contribution < -0.4 is 14.8 Å². The maximum Gasteiger partial charge on any atom is 0.338 e. The average Bonchev–Trinajstić information content (AvgIpc) is 3.31. The van der Waals surface area contributed by atoms with Gasteiger partial charge in [-0.25, -0.2) is 9.78 Å². The van der Waals surface area contributed by atoms with Gasteiger partial charge in [0.1, 0.15) is 17.3 Å². The Morgan fingerprint density at radius 2 is 1.77 bits per heavy atom. The minimum atomic E-state index is -1.02. The maximum atomic E-state index is 12.9. The Hall–Kier alpha value is -4.04. The zero-order chi connectivity index (χ0) is 24.9. The van der Waals surface area contributed by atoms with Crippen LogP contribution in [0.25, 0.3) is 22.4 Å². The van der Waals surface area contributed by atoms with Gasteiger partial charge in [0.25, 0.3) is 5.91 Å². The number of nitrogens with zero attached hydrogens (tertiary/aromatic N) is 1. The molecule has 0 aliphatic heterocycles. The Morgan fingerprint density at radius 3 is 2.46 bits per heavy atom. The third-order valence-corrected chi connectivity index (χ3v) is 5.70. The van der Waals surface area contributed by atoms with Crippen LogP contribution in [0.5, 0.6) is 11.5 Å². The van der Waals surface area contributed by atoms with Crippen LogP contribution in [-0.2, 0) is 9.53 Å². The molecule has 0 bridgehead atoms. The van der Waals surface area contributed by atoms with Gasteiger partial charge in [-0.1, -0.05) is 48.9 Å². The minimum Gasteiger partial charge on any atom is -0.495 e. The molecule has 0 fully saturated rings. The molecule has 180 valence electrons. The summed E-state index contributed by atoms with van der Waals surface area (Å²) in [5, 5.41) is 3.02. The summed E-state index contributed by atoms with van der Waals surface area (Å²) in [5.74, 6) is 0.340. The molecule has 0 saturated carbocycles. The maximum absolute atomic E-state index is 12.9. The molecule has 1 atom stereocenters. The molecular weight excluding hydrogens is 470 g/mol. The normalized spacial score (nSPS) is 11.7. The van der Waals surface area contributed by atoms with Crippen molar-refractivity contribution >= 4 is 40.2 Å². The molecule has 1 heterocycles. The van der Waals surface area contributed by atoms with E-state index >= 15 is 0 Å². The number of rotatable bonds is 8. The lowest BCUT2D eigenvalue weighted by molar-refractivity contribution is -0.124. The van der Waals surface area contributed by atoms with Gasteiger partial charge in [0.15, 0.2) is 6.10 Å². The van der Waals surface area contributed by atoms with Crippen LogP contribution in [0.3, 0.4) is 0 Å². The quantitative estimate of drug-likeness (QED) is 0.315. The fourth-order valence-corrected chi connectivity index (χ4v) is 3.80. The van der Waals surface area contributed by atoms with Crippen LogP contribution in [0.1, 0.15) is 23.7 Å². The molecular formula is C26H24ClN3O5. The zero-order valence-corrected chi connectivity index (χ0v) is 20.2. The highest BCUT2D eigenvalue weighted by Gasteiger charge is 2.24. The van der Waals surface area contributed by atoms with Crippen molar-refractivity contribution in [3.8, 4) is 22.9 Å². The summed E-state index contributed by atoms with van der Waals surface area (Å²) in [7, 11) is 2.94. The van der Waals surface area contributed by atoms with Gasteiger partial charge in [0.2, 0.25) is 0 Å². The van der Waals surface area contributed by atoms with Crippen molar-refractivity contribution in [3.63, 3.8) is 0 Å². The van der Waals surface area contributed by atoms with Gasteiger partial charge in [-0.3, -0.25) is 4.79 Å². The van der Waals surface area contributed by atoms with Crippen molar-refractivity contribution in [1.82, 2.24) is 9.97 Å². The number of imidazole rings is 1. The Morgan fingerprint density at radius 1 is 1.03 bits per heavy atom. The number of aromatic nitrogens is 2. The van der Waals surface area contributed by atoms with Gasteiger partial charge in [0, 0.05) is 11.6 Å². The number of hydrogen-bond donors (Lipinski definition) is 2. The molecule has 35 heavy (non-hydrogen) atoms. The van der Waals surface area contributed by atoms with Crippen LogP contribution >= 0.6 is 11.6 Å². The van der Waals surface area contributed by atoms with E-state index in [1.165, 1.54) is 20.3 Å². The van der Waals surface area contributed by atoms with Gasteiger partial charge in [-0.05, 0) is 30.7 Å². The first-order valence-corrected chi connectivity index (χ1v) is 11.3. The van der Waals surface area contributed by atoms with Crippen molar-refractivity contribution in [3.05, 3.63) is 71.2 Å². The lowest BCUT2D eigenvalue weighted by atomic mass is 10.2. The van der Waals surface area contributed by atoms with Crippen LogP contribution in [0.15, 0.2) is 60.7 Å². The predicted molar refractivity (Wildman–Crippen MR) is 134 cm³/mol. The number of esters is 1. The zero-order valence-electron chi connectivity index (χ0n) is 19.4. The fraction of sp³-hybridized carbons (Fsp3) is 0.192. The average molecular weight is 494 g/mol. The van der Waals surface area contributed by atoms with E-state index in [2.05, 4.69) is 15.3 Å². The second-order valence-electron chi connectivity index (χ2n) is 7.66. The van der Waals surface area contributed by atoms with E-state index in [0.29, 0.717) is 44.6 Å². The number of methoxy groups -OCH3 is 2. The SMILES string of the molecule is CCC(OC(=O)c1ccc2nc(-c3ccccc3)[nH]c2c1)C(=O)Nc1cc(Cl)c(OC)cc1OC. The Bertz CT molecular complexity index is 1370.